The molecule has 0 saturated heterocycles. The lowest BCUT2D eigenvalue weighted by Crippen LogP contribution is -2.26. The summed E-state index contributed by atoms with van der Waals surface area (Å²) in [7, 11) is 1.70. The molecule has 0 fully saturated rings. The third-order valence-electron chi connectivity index (χ3n) is 4.08. The average Bonchev–Trinajstić information content (AvgIpc) is 3.10. The summed E-state index contributed by atoms with van der Waals surface area (Å²) in [4.78, 5) is 15.1. The SMILES string of the molecule is CCCn1c(C)cc(/C=C(\C#N)C(=O)N(C)Cc2ccc(Cl)s2)c1C. The molecule has 0 atom stereocenters. The topological polar surface area (TPSA) is 49.0 Å². The molecule has 0 aliphatic carbocycles. The Bertz CT molecular complexity index is 841. The van der Waals surface area contributed by atoms with Gasteiger partial charge < -0.3 is 9.47 Å². The minimum Gasteiger partial charge on any atom is -0.349 e. The predicted octanol–water partition coefficient (Wildman–Crippen LogP) is 4.80. The number of hydrogen-bond donors (Lipinski definition) is 0. The van der Waals surface area contributed by atoms with E-state index in [2.05, 4.69) is 11.5 Å². The van der Waals surface area contributed by atoms with Crippen LogP contribution in [0.4, 0.5) is 0 Å². The molecule has 0 aliphatic heterocycles. The number of nitriles is 1. The van der Waals surface area contributed by atoms with Crippen LogP contribution in [0.2, 0.25) is 4.34 Å². The number of carbonyl (C=O) groups is 1. The number of likely N-dealkylation sites (N-methyl/N-ethyl adjacent to an activating group) is 1. The van der Waals surface area contributed by atoms with E-state index in [4.69, 9.17) is 11.6 Å². The van der Waals surface area contributed by atoms with Gasteiger partial charge in [-0.25, -0.2) is 0 Å². The van der Waals surface area contributed by atoms with Crippen LogP contribution in [0.25, 0.3) is 6.08 Å². The molecule has 25 heavy (non-hydrogen) atoms. The van der Waals surface area contributed by atoms with Gasteiger partial charge in [0, 0.05) is 29.9 Å². The number of rotatable bonds is 6. The van der Waals surface area contributed by atoms with Gasteiger partial charge in [-0.05, 0) is 50.1 Å². The minimum absolute atomic E-state index is 0.141. The number of aromatic nitrogens is 1. The molecule has 0 saturated carbocycles. The maximum Gasteiger partial charge on any atom is 0.264 e. The lowest BCUT2D eigenvalue weighted by molar-refractivity contribution is -0.125. The van der Waals surface area contributed by atoms with Crippen LogP contribution in [0.3, 0.4) is 0 Å². The first kappa shape index (κ1) is 19.3. The van der Waals surface area contributed by atoms with E-state index in [1.54, 1.807) is 18.0 Å². The lowest BCUT2D eigenvalue weighted by atomic mass is 10.1. The number of nitrogens with zero attached hydrogens (tertiary/aromatic N) is 3. The Morgan fingerprint density at radius 2 is 2.16 bits per heavy atom. The van der Waals surface area contributed by atoms with Gasteiger partial charge in [-0.2, -0.15) is 5.26 Å². The van der Waals surface area contributed by atoms with Crippen molar-refractivity contribution < 1.29 is 4.79 Å². The van der Waals surface area contributed by atoms with E-state index in [1.807, 2.05) is 38.1 Å². The van der Waals surface area contributed by atoms with Crippen molar-refractivity contribution in [2.75, 3.05) is 7.05 Å². The fourth-order valence-corrected chi connectivity index (χ4v) is 3.93. The summed E-state index contributed by atoms with van der Waals surface area (Å²) in [5, 5.41) is 9.46. The first-order valence-corrected chi connectivity index (χ1v) is 9.35. The van der Waals surface area contributed by atoms with Gasteiger partial charge in [-0.1, -0.05) is 18.5 Å². The van der Waals surface area contributed by atoms with E-state index >= 15 is 0 Å². The van der Waals surface area contributed by atoms with E-state index in [0.717, 1.165) is 34.8 Å². The Morgan fingerprint density at radius 3 is 2.72 bits per heavy atom. The van der Waals surface area contributed by atoms with E-state index in [-0.39, 0.29) is 11.5 Å². The highest BCUT2D eigenvalue weighted by Crippen LogP contribution is 2.23. The third-order valence-corrected chi connectivity index (χ3v) is 5.30. The van der Waals surface area contributed by atoms with Crippen molar-refractivity contribution >= 4 is 34.9 Å². The molecule has 0 aromatic carbocycles. The van der Waals surface area contributed by atoms with Gasteiger partial charge in [0.2, 0.25) is 0 Å². The highest BCUT2D eigenvalue weighted by molar-refractivity contribution is 7.16. The maximum absolute atomic E-state index is 12.6. The van der Waals surface area contributed by atoms with E-state index < -0.39 is 0 Å². The Balaban J connectivity index is 2.23. The van der Waals surface area contributed by atoms with Gasteiger partial charge in [0.25, 0.3) is 5.91 Å². The molecule has 6 heteroatoms. The van der Waals surface area contributed by atoms with Gasteiger partial charge in [0.15, 0.2) is 0 Å². The minimum atomic E-state index is -0.285. The van der Waals surface area contributed by atoms with Crippen molar-refractivity contribution in [2.24, 2.45) is 0 Å². The number of hydrogen-bond acceptors (Lipinski definition) is 3. The van der Waals surface area contributed by atoms with Crippen molar-refractivity contribution in [1.29, 1.82) is 5.26 Å². The van der Waals surface area contributed by atoms with Crippen LogP contribution < -0.4 is 0 Å². The molecule has 0 spiro atoms. The fourth-order valence-electron chi connectivity index (χ4n) is 2.79. The second-order valence-corrected chi connectivity index (χ2v) is 7.81. The normalized spacial score (nSPS) is 11.4. The van der Waals surface area contributed by atoms with Crippen molar-refractivity contribution in [2.45, 2.75) is 40.3 Å². The summed E-state index contributed by atoms with van der Waals surface area (Å²) in [5.41, 5.74) is 3.27. The highest BCUT2D eigenvalue weighted by atomic mass is 35.5. The average molecular weight is 376 g/mol. The summed E-state index contributed by atoms with van der Waals surface area (Å²) < 4.78 is 2.90. The molecular weight excluding hydrogens is 354 g/mol. The largest absolute Gasteiger partial charge is 0.349 e. The number of halogens is 1. The number of amides is 1. The molecule has 2 aromatic rings. The second kappa shape index (κ2) is 8.37. The van der Waals surface area contributed by atoms with E-state index in [9.17, 15) is 10.1 Å². The smallest absolute Gasteiger partial charge is 0.264 e. The maximum atomic E-state index is 12.6. The summed E-state index contributed by atoms with van der Waals surface area (Å²) in [6.07, 6.45) is 2.73. The molecule has 0 aliphatic rings. The monoisotopic (exact) mass is 375 g/mol. The van der Waals surface area contributed by atoms with Crippen molar-refractivity contribution in [3.05, 3.63) is 49.9 Å². The molecule has 2 aromatic heterocycles. The fraction of sp³-hybridized carbons (Fsp3) is 0.368. The van der Waals surface area contributed by atoms with Crippen LogP contribution in [-0.4, -0.2) is 22.4 Å². The Labute approximate surface area is 157 Å². The molecule has 132 valence electrons. The Hall–Kier alpha value is -2.03. The van der Waals surface area contributed by atoms with Crippen molar-refractivity contribution in [1.82, 2.24) is 9.47 Å². The molecular formula is C19H22ClN3OS. The quantitative estimate of drug-likeness (QED) is 0.538. The van der Waals surface area contributed by atoms with Gasteiger partial charge in [-0.3, -0.25) is 4.79 Å². The van der Waals surface area contributed by atoms with Gasteiger partial charge in [0.05, 0.1) is 10.9 Å². The molecule has 2 heterocycles. The van der Waals surface area contributed by atoms with Crippen LogP contribution in [-0.2, 0) is 17.9 Å². The van der Waals surface area contributed by atoms with E-state index in [1.165, 1.54) is 11.3 Å². The zero-order valence-electron chi connectivity index (χ0n) is 15.0. The summed E-state index contributed by atoms with van der Waals surface area (Å²) in [5.74, 6) is -0.285. The first-order valence-electron chi connectivity index (χ1n) is 8.15. The van der Waals surface area contributed by atoms with Crippen molar-refractivity contribution in [3.8, 4) is 6.07 Å². The standard InChI is InChI=1S/C19H22ClN3OS/c1-5-8-23-13(2)9-15(14(23)3)10-16(11-21)19(24)22(4)12-17-6-7-18(20)25-17/h6-7,9-10H,5,8,12H2,1-4H3/b16-10+. The third kappa shape index (κ3) is 4.53. The first-order chi connectivity index (χ1) is 11.9. The predicted molar refractivity (Wildman–Crippen MR) is 104 cm³/mol. The number of carbonyl (C=O) groups excluding carboxylic acids is 1. The van der Waals surface area contributed by atoms with Crippen LogP contribution in [0, 0.1) is 25.2 Å². The lowest BCUT2D eigenvalue weighted by Gasteiger charge is -2.15. The van der Waals surface area contributed by atoms with Crippen LogP contribution in [0.5, 0.6) is 0 Å². The molecule has 0 N–H and O–H groups in total. The molecule has 0 bridgehead atoms. The highest BCUT2D eigenvalue weighted by Gasteiger charge is 2.17. The van der Waals surface area contributed by atoms with Gasteiger partial charge in [0.1, 0.15) is 11.6 Å². The van der Waals surface area contributed by atoms with Crippen LogP contribution in [0.15, 0.2) is 23.8 Å². The van der Waals surface area contributed by atoms with E-state index in [0.29, 0.717) is 10.9 Å². The number of aryl methyl sites for hydroxylation is 1. The molecule has 0 radical (unpaired) electrons. The molecule has 2 rings (SSSR count). The Morgan fingerprint density at radius 1 is 1.44 bits per heavy atom. The van der Waals surface area contributed by atoms with Crippen molar-refractivity contribution in [3.63, 3.8) is 0 Å². The molecule has 4 nitrogen and oxygen atoms in total. The summed E-state index contributed by atoms with van der Waals surface area (Å²) in [6, 6.07) is 7.77. The van der Waals surface area contributed by atoms with Crippen LogP contribution >= 0.6 is 22.9 Å². The van der Waals surface area contributed by atoms with Crippen LogP contribution in [0.1, 0.15) is 35.2 Å². The molecule has 1 amide bonds. The Kier molecular flexibility index (Phi) is 6.46. The van der Waals surface area contributed by atoms with Gasteiger partial charge in [-0.15, -0.1) is 11.3 Å². The zero-order chi connectivity index (χ0) is 18.6. The second-order valence-electron chi connectivity index (χ2n) is 6.01. The molecule has 0 unspecified atom stereocenters. The summed E-state index contributed by atoms with van der Waals surface area (Å²) in [6.45, 7) is 7.56. The van der Waals surface area contributed by atoms with Gasteiger partial charge >= 0.3 is 0 Å². The zero-order valence-corrected chi connectivity index (χ0v) is 16.5. The number of thiophene rings is 1. The summed E-state index contributed by atoms with van der Waals surface area (Å²) >= 11 is 7.37.